The summed E-state index contributed by atoms with van der Waals surface area (Å²) in [6, 6.07) is 20.8. The summed E-state index contributed by atoms with van der Waals surface area (Å²) in [5.74, 6) is -0.0641. The van der Waals surface area contributed by atoms with E-state index in [9.17, 15) is 4.79 Å². The van der Waals surface area contributed by atoms with Crippen LogP contribution in [0.3, 0.4) is 0 Å². The first kappa shape index (κ1) is 18.7. The smallest absolute Gasteiger partial charge is 0.251 e. The highest BCUT2D eigenvalue weighted by Crippen LogP contribution is 2.26. The van der Waals surface area contributed by atoms with Gasteiger partial charge in [-0.1, -0.05) is 36.4 Å². The van der Waals surface area contributed by atoms with E-state index in [1.165, 1.54) is 27.8 Å². The Hall–Kier alpha value is -3.07. The molecule has 0 spiro atoms. The predicted molar refractivity (Wildman–Crippen MR) is 113 cm³/mol. The average Bonchev–Trinajstić information content (AvgIpc) is 2.68. The Labute approximate surface area is 161 Å². The van der Waals surface area contributed by atoms with Crippen LogP contribution in [0.1, 0.15) is 32.6 Å². The Morgan fingerprint density at radius 2 is 1.52 bits per heavy atom. The van der Waals surface area contributed by atoms with E-state index in [0.29, 0.717) is 12.1 Å². The van der Waals surface area contributed by atoms with Gasteiger partial charge in [-0.2, -0.15) is 0 Å². The molecule has 3 heteroatoms. The van der Waals surface area contributed by atoms with Crippen LogP contribution in [0.5, 0.6) is 0 Å². The summed E-state index contributed by atoms with van der Waals surface area (Å²) >= 11 is 0. The molecule has 1 amide bonds. The lowest BCUT2D eigenvalue weighted by molar-refractivity contribution is 0.0963. The fourth-order valence-electron chi connectivity index (χ4n) is 3.13. The predicted octanol–water partition coefficient (Wildman–Crippen LogP) is 5.25. The molecule has 138 valence electrons. The topological polar surface area (TPSA) is 41.1 Å². The van der Waals surface area contributed by atoms with Crippen molar-refractivity contribution in [2.45, 2.75) is 27.3 Å². The van der Waals surface area contributed by atoms with Gasteiger partial charge in [0.1, 0.15) is 0 Å². The quantitative estimate of drug-likeness (QED) is 0.654. The van der Waals surface area contributed by atoms with Crippen molar-refractivity contribution in [3.05, 3.63) is 88.5 Å². The second kappa shape index (κ2) is 8.09. The van der Waals surface area contributed by atoms with E-state index in [2.05, 4.69) is 67.8 Å². The van der Waals surface area contributed by atoms with Crippen LogP contribution in [0.4, 0.5) is 5.69 Å². The molecular weight excluding hydrogens is 332 g/mol. The lowest BCUT2D eigenvalue weighted by Gasteiger charge is -2.13. The van der Waals surface area contributed by atoms with Gasteiger partial charge < -0.3 is 10.6 Å². The van der Waals surface area contributed by atoms with Gasteiger partial charge in [-0.15, -0.1) is 0 Å². The maximum Gasteiger partial charge on any atom is 0.251 e. The van der Waals surface area contributed by atoms with Gasteiger partial charge >= 0.3 is 0 Å². The van der Waals surface area contributed by atoms with Crippen LogP contribution >= 0.6 is 0 Å². The molecule has 0 aliphatic heterocycles. The Balaban J connectivity index is 1.75. The molecule has 0 unspecified atom stereocenters. The largest absolute Gasteiger partial charge is 0.381 e. The van der Waals surface area contributed by atoms with Gasteiger partial charge in [0.05, 0.1) is 0 Å². The maximum atomic E-state index is 11.8. The third kappa shape index (κ3) is 4.37. The number of hydrogen-bond acceptors (Lipinski definition) is 2. The first-order valence-electron chi connectivity index (χ1n) is 9.21. The van der Waals surface area contributed by atoms with Crippen molar-refractivity contribution in [3.8, 4) is 11.1 Å². The van der Waals surface area contributed by atoms with E-state index in [4.69, 9.17) is 0 Å². The minimum Gasteiger partial charge on any atom is -0.381 e. The summed E-state index contributed by atoms with van der Waals surface area (Å²) < 4.78 is 0. The van der Waals surface area contributed by atoms with E-state index < -0.39 is 0 Å². The van der Waals surface area contributed by atoms with Crippen LogP contribution < -0.4 is 10.6 Å². The van der Waals surface area contributed by atoms with Crippen molar-refractivity contribution >= 4 is 11.6 Å². The van der Waals surface area contributed by atoms with E-state index in [0.717, 1.165) is 11.3 Å². The minimum absolute atomic E-state index is 0.0641. The minimum atomic E-state index is -0.0641. The van der Waals surface area contributed by atoms with E-state index in [1.807, 2.05) is 24.3 Å². The summed E-state index contributed by atoms with van der Waals surface area (Å²) in [4.78, 5) is 11.8. The molecule has 27 heavy (non-hydrogen) atoms. The summed E-state index contributed by atoms with van der Waals surface area (Å²) in [7, 11) is 1.65. The molecule has 3 aromatic rings. The molecule has 0 fully saturated rings. The monoisotopic (exact) mass is 358 g/mol. The molecule has 0 aliphatic carbocycles. The molecule has 0 aliphatic rings. The second-order valence-electron chi connectivity index (χ2n) is 6.96. The highest BCUT2D eigenvalue weighted by atomic mass is 16.1. The first-order chi connectivity index (χ1) is 13.0. The standard InChI is InChI=1S/C24H26N2O/c1-16-8-9-20(12-17(16)2)21-10-11-23(18(3)13-21)26-15-19-6-5-7-22(14-19)24(27)25-4/h5-14,26H,15H2,1-4H3,(H,25,27). The number of anilines is 1. The highest BCUT2D eigenvalue weighted by Gasteiger charge is 2.06. The van der Waals surface area contributed by atoms with Crippen molar-refractivity contribution in [1.82, 2.24) is 5.32 Å². The Kier molecular flexibility index (Phi) is 5.60. The molecule has 0 radical (unpaired) electrons. The van der Waals surface area contributed by atoms with Gasteiger partial charge in [0.25, 0.3) is 5.91 Å². The van der Waals surface area contributed by atoms with Gasteiger partial charge in [-0.3, -0.25) is 4.79 Å². The zero-order chi connectivity index (χ0) is 19.4. The number of carbonyl (C=O) groups excluding carboxylic acids is 1. The summed E-state index contributed by atoms with van der Waals surface area (Å²) in [5.41, 5.74) is 9.15. The number of benzene rings is 3. The van der Waals surface area contributed by atoms with E-state index in [-0.39, 0.29) is 5.91 Å². The molecule has 3 aromatic carbocycles. The molecule has 3 rings (SSSR count). The van der Waals surface area contributed by atoms with Gasteiger partial charge in [-0.25, -0.2) is 0 Å². The number of rotatable bonds is 5. The molecular formula is C24H26N2O. The van der Waals surface area contributed by atoms with Crippen LogP contribution in [0.2, 0.25) is 0 Å². The Morgan fingerprint density at radius 3 is 2.19 bits per heavy atom. The molecule has 0 aromatic heterocycles. The van der Waals surface area contributed by atoms with E-state index in [1.54, 1.807) is 7.05 Å². The maximum absolute atomic E-state index is 11.8. The average molecular weight is 358 g/mol. The molecule has 0 atom stereocenters. The van der Waals surface area contributed by atoms with Crippen molar-refractivity contribution in [1.29, 1.82) is 0 Å². The van der Waals surface area contributed by atoms with Crippen LogP contribution in [0.25, 0.3) is 11.1 Å². The Morgan fingerprint density at radius 1 is 0.815 bits per heavy atom. The fraction of sp³-hybridized carbons (Fsp3) is 0.208. The van der Waals surface area contributed by atoms with Gasteiger partial charge in [0, 0.05) is 24.8 Å². The number of hydrogen-bond donors (Lipinski definition) is 2. The van der Waals surface area contributed by atoms with Crippen molar-refractivity contribution < 1.29 is 4.79 Å². The molecule has 0 saturated heterocycles. The van der Waals surface area contributed by atoms with Gasteiger partial charge in [-0.05, 0) is 78.4 Å². The molecule has 2 N–H and O–H groups in total. The number of nitrogens with one attached hydrogen (secondary N) is 2. The molecule has 0 saturated carbocycles. The zero-order valence-corrected chi connectivity index (χ0v) is 16.4. The zero-order valence-electron chi connectivity index (χ0n) is 16.4. The first-order valence-corrected chi connectivity index (χ1v) is 9.21. The van der Waals surface area contributed by atoms with Crippen LogP contribution in [-0.2, 0) is 6.54 Å². The number of amides is 1. The lowest BCUT2D eigenvalue weighted by atomic mass is 9.98. The summed E-state index contributed by atoms with van der Waals surface area (Å²) in [6.45, 7) is 7.08. The van der Waals surface area contributed by atoms with Crippen molar-refractivity contribution in [3.63, 3.8) is 0 Å². The van der Waals surface area contributed by atoms with Crippen molar-refractivity contribution in [2.24, 2.45) is 0 Å². The molecule has 0 bridgehead atoms. The second-order valence-corrected chi connectivity index (χ2v) is 6.96. The number of aryl methyl sites for hydroxylation is 3. The molecule has 3 nitrogen and oxygen atoms in total. The van der Waals surface area contributed by atoms with Crippen molar-refractivity contribution in [2.75, 3.05) is 12.4 Å². The van der Waals surface area contributed by atoms with E-state index >= 15 is 0 Å². The molecule has 0 heterocycles. The highest BCUT2D eigenvalue weighted by molar-refractivity contribution is 5.94. The summed E-state index contributed by atoms with van der Waals surface area (Å²) in [6.07, 6.45) is 0. The number of carbonyl (C=O) groups is 1. The van der Waals surface area contributed by atoms with Crippen LogP contribution in [-0.4, -0.2) is 13.0 Å². The normalized spacial score (nSPS) is 10.5. The van der Waals surface area contributed by atoms with Crippen LogP contribution in [0.15, 0.2) is 60.7 Å². The third-order valence-electron chi connectivity index (χ3n) is 4.97. The van der Waals surface area contributed by atoms with Gasteiger partial charge in [0.15, 0.2) is 0 Å². The van der Waals surface area contributed by atoms with Crippen LogP contribution in [0, 0.1) is 20.8 Å². The lowest BCUT2D eigenvalue weighted by Crippen LogP contribution is -2.18. The third-order valence-corrected chi connectivity index (χ3v) is 4.97. The van der Waals surface area contributed by atoms with Gasteiger partial charge in [0.2, 0.25) is 0 Å². The Bertz CT molecular complexity index is 976. The summed E-state index contributed by atoms with van der Waals surface area (Å²) in [5, 5.41) is 6.14. The SMILES string of the molecule is CNC(=O)c1cccc(CNc2ccc(-c3ccc(C)c(C)c3)cc2C)c1. The fourth-order valence-corrected chi connectivity index (χ4v) is 3.13.